The van der Waals surface area contributed by atoms with Crippen molar-refractivity contribution >= 4 is 0 Å². The standard InChI is InChI=1S/C13H27NO2/c1-3-12(4-2)14-8-10-15-11-13-7-5-6-9-16-13/h12-14H,3-11H2,1-2H3. The summed E-state index contributed by atoms with van der Waals surface area (Å²) in [6.45, 7) is 7.88. The van der Waals surface area contributed by atoms with Gasteiger partial charge in [-0.25, -0.2) is 0 Å². The van der Waals surface area contributed by atoms with Gasteiger partial charge < -0.3 is 14.8 Å². The number of ether oxygens (including phenoxy) is 2. The summed E-state index contributed by atoms with van der Waals surface area (Å²) in [4.78, 5) is 0. The molecule has 3 heteroatoms. The SMILES string of the molecule is CCC(CC)NCCOCC1CCCCO1. The molecule has 0 bridgehead atoms. The quantitative estimate of drug-likeness (QED) is 0.648. The van der Waals surface area contributed by atoms with Gasteiger partial charge in [0.25, 0.3) is 0 Å². The lowest BCUT2D eigenvalue weighted by Gasteiger charge is -2.22. The predicted molar refractivity (Wildman–Crippen MR) is 66.8 cm³/mol. The lowest BCUT2D eigenvalue weighted by molar-refractivity contribution is -0.0401. The molecule has 0 spiro atoms. The van der Waals surface area contributed by atoms with Crippen LogP contribution in [0.2, 0.25) is 0 Å². The predicted octanol–water partition coefficient (Wildman–Crippen LogP) is 2.35. The van der Waals surface area contributed by atoms with Crippen LogP contribution < -0.4 is 5.32 Å². The Morgan fingerprint density at radius 1 is 1.31 bits per heavy atom. The summed E-state index contributed by atoms with van der Waals surface area (Å²) in [5.74, 6) is 0. The van der Waals surface area contributed by atoms with Gasteiger partial charge in [-0.2, -0.15) is 0 Å². The highest BCUT2D eigenvalue weighted by Gasteiger charge is 2.13. The zero-order valence-corrected chi connectivity index (χ0v) is 10.8. The van der Waals surface area contributed by atoms with Crippen LogP contribution in [0.15, 0.2) is 0 Å². The fraction of sp³-hybridized carbons (Fsp3) is 1.00. The van der Waals surface area contributed by atoms with Crippen molar-refractivity contribution in [2.24, 2.45) is 0 Å². The van der Waals surface area contributed by atoms with Crippen LogP contribution in [0.3, 0.4) is 0 Å². The van der Waals surface area contributed by atoms with Gasteiger partial charge in [0, 0.05) is 19.2 Å². The Morgan fingerprint density at radius 3 is 2.75 bits per heavy atom. The van der Waals surface area contributed by atoms with Crippen LogP contribution in [-0.4, -0.2) is 38.5 Å². The summed E-state index contributed by atoms with van der Waals surface area (Å²) in [5, 5.41) is 3.49. The smallest absolute Gasteiger partial charge is 0.0808 e. The van der Waals surface area contributed by atoms with Crippen LogP contribution in [0.1, 0.15) is 46.0 Å². The molecular formula is C13H27NO2. The molecule has 1 atom stereocenters. The summed E-state index contributed by atoms with van der Waals surface area (Å²) < 4.78 is 11.2. The molecule has 1 rings (SSSR count). The molecule has 1 aliphatic heterocycles. The van der Waals surface area contributed by atoms with Crippen molar-refractivity contribution in [1.29, 1.82) is 0 Å². The van der Waals surface area contributed by atoms with Crippen LogP contribution in [0.25, 0.3) is 0 Å². The van der Waals surface area contributed by atoms with Crippen molar-refractivity contribution in [3.05, 3.63) is 0 Å². The summed E-state index contributed by atoms with van der Waals surface area (Å²) in [6.07, 6.45) is 6.42. The van der Waals surface area contributed by atoms with Crippen molar-refractivity contribution in [2.45, 2.75) is 58.1 Å². The van der Waals surface area contributed by atoms with Crippen molar-refractivity contribution in [3.63, 3.8) is 0 Å². The molecule has 16 heavy (non-hydrogen) atoms. The molecule has 0 radical (unpaired) electrons. The third kappa shape index (κ3) is 5.83. The van der Waals surface area contributed by atoms with Gasteiger partial charge in [-0.15, -0.1) is 0 Å². The van der Waals surface area contributed by atoms with E-state index >= 15 is 0 Å². The highest BCUT2D eigenvalue weighted by molar-refractivity contribution is 4.64. The zero-order valence-electron chi connectivity index (χ0n) is 10.8. The minimum atomic E-state index is 0.349. The maximum absolute atomic E-state index is 5.63. The normalized spacial score (nSPS) is 21.6. The molecule has 0 aromatic heterocycles. The van der Waals surface area contributed by atoms with Crippen LogP contribution in [0.4, 0.5) is 0 Å². The number of nitrogens with one attached hydrogen (secondary N) is 1. The Morgan fingerprint density at radius 2 is 2.12 bits per heavy atom. The third-order valence-electron chi connectivity index (χ3n) is 3.24. The van der Waals surface area contributed by atoms with Gasteiger partial charge in [-0.05, 0) is 32.1 Å². The molecule has 0 saturated carbocycles. The molecule has 0 aromatic carbocycles. The molecule has 0 aromatic rings. The van der Waals surface area contributed by atoms with Gasteiger partial charge in [-0.1, -0.05) is 13.8 Å². The Kier molecular flexibility index (Phi) is 7.81. The minimum absolute atomic E-state index is 0.349. The van der Waals surface area contributed by atoms with Crippen molar-refractivity contribution < 1.29 is 9.47 Å². The lowest BCUT2D eigenvalue weighted by atomic mass is 10.1. The molecule has 3 nitrogen and oxygen atoms in total. The van der Waals surface area contributed by atoms with E-state index in [1.165, 1.54) is 32.1 Å². The molecular weight excluding hydrogens is 202 g/mol. The Bertz CT molecular complexity index is 154. The van der Waals surface area contributed by atoms with Gasteiger partial charge in [0.2, 0.25) is 0 Å². The minimum Gasteiger partial charge on any atom is -0.377 e. The van der Waals surface area contributed by atoms with E-state index in [4.69, 9.17) is 9.47 Å². The number of rotatable bonds is 8. The second-order valence-corrected chi connectivity index (χ2v) is 4.53. The average molecular weight is 229 g/mol. The van der Waals surface area contributed by atoms with Crippen molar-refractivity contribution in [2.75, 3.05) is 26.4 Å². The van der Waals surface area contributed by atoms with Gasteiger partial charge in [0.15, 0.2) is 0 Å². The molecule has 1 fully saturated rings. The summed E-state index contributed by atoms with van der Waals surface area (Å²) >= 11 is 0. The lowest BCUT2D eigenvalue weighted by Crippen LogP contribution is -2.32. The van der Waals surface area contributed by atoms with Crippen LogP contribution in [0, 0.1) is 0 Å². The third-order valence-corrected chi connectivity index (χ3v) is 3.24. The van der Waals surface area contributed by atoms with Gasteiger partial charge in [0.1, 0.15) is 0 Å². The fourth-order valence-corrected chi connectivity index (χ4v) is 2.07. The number of hydrogen-bond donors (Lipinski definition) is 1. The monoisotopic (exact) mass is 229 g/mol. The fourth-order valence-electron chi connectivity index (χ4n) is 2.07. The molecule has 1 unspecified atom stereocenters. The van der Waals surface area contributed by atoms with Crippen LogP contribution in [-0.2, 0) is 9.47 Å². The second kappa shape index (κ2) is 8.97. The molecule has 1 aliphatic rings. The highest BCUT2D eigenvalue weighted by Crippen LogP contribution is 2.12. The molecule has 1 saturated heterocycles. The molecule has 1 heterocycles. The highest BCUT2D eigenvalue weighted by atomic mass is 16.5. The molecule has 96 valence electrons. The second-order valence-electron chi connectivity index (χ2n) is 4.53. The van der Waals surface area contributed by atoms with E-state index in [-0.39, 0.29) is 0 Å². The zero-order chi connectivity index (χ0) is 11.6. The summed E-state index contributed by atoms with van der Waals surface area (Å²) in [7, 11) is 0. The number of hydrogen-bond acceptors (Lipinski definition) is 3. The van der Waals surface area contributed by atoms with Crippen molar-refractivity contribution in [3.8, 4) is 0 Å². The van der Waals surface area contributed by atoms with Crippen LogP contribution >= 0.6 is 0 Å². The van der Waals surface area contributed by atoms with Crippen molar-refractivity contribution in [1.82, 2.24) is 5.32 Å². The average Bonchev–Trinajstić information content (AvgIpc) is 2.35. The Balaban J connectivity index is 1.90. The van der Waals surface area contributed by atoms with E-state index in [0.717, 1.165) is 26.4 Å². The first-order valence-electron chi connectivity index (χ1n) is 6.79. The van der Waals surface area contributed by atoms with E-state index in [9.17, 15) is 0 Å². The van der Waals surface area contributed by atoms with E-state index < -0.39 is 0 Å². The van der Waals surface area contributed by atoms with E-state index in [2.05, 4.69) is 19.2 Å². The van der Waals surface area contributed by atoms with Crippen LogP contribution in [0.5, 0.6) is 0 Å². The van der Waals surface area contributed by atoms with E-state index in [1.54, 1.807) is 0 Å². The summed E-state index contributed by atoms with van der Waals surface area (Å²) in [5.41, 5.74) is 0. The molecule has 1 N–H and O–H groups in total. The first kappa shape index (κ1) is 13.9. The molecule has 0 aliphatic carbocycles. The van der Waals surface area contributed by atoms with E-state index in [0.29, 0.717) is 12.1 Å². The maximum Gasteiger partial charge on any atom is 0.0808 e. The molecule has 0 amide bonds. The van der Waals surface area contributed by atoms with E-state index in [1.807, 2.05) is 0 Å². The first-order valence-corrected chi connectivity index (χ1v) is 6.79. The first-order chi connectivity index (χ1) is 7.86. The van der Waals surface area contributed by atoms with Gasteiger partial charge >= 0.3 is 0 Å². The Labute approximate surface area is 99.9 Å². The van der Waals surface area contributed by atoms with Gasteiger partial charge in [-0.3, -0.25) is 0 Å². The Hall–Kier alpha value is -0.120. The van der Waals surface area contributed by atoms with Gasteiger partial charge in [0.05, 0.1) is 19.3 Å². The summed E-state index contributed by atoms with van der Waals surface area (Å²) in [6, 6.07) is 0.648. The topological polar surface area (TPSA) is 30.5 Å². The largest absolute Gasteiger partial charge is 0.377 e. The maximum atomic E-state index is 5.63.